The van der Waals surface area contributed by atoms with Crippen molar-refractivity contribution in [2.24, 2.45) is 0 Å². The number of carbonyl (C=O) groups is 1. The van der Waals surface area contributed by atoms with Crippen molar-refractivity contribution in [3.8, 4) is 0 Å². The summed E-state index contributed by atoms with van der Waals surface area (Å²) in [6, 6.07) is 12.8. The maximum Gasteiger partial charge on any atom is 0.263 e. The Balaban J connectivity index is 1.48. The van der Waals surface area contributed by atoms with Crippen molar-refractivity contribution in [3.63, 3.8) is 0 Å². The Morgan fingerprint density at radius 2 is 1.81 bits per heavy atom. The highest BCUT2D eigenvalue weighted by molar-refractivity contribution is 7.93. The molecular formula is C22H25N3O3S3. The van der Waals surface area contributed by atoms with Crippen LogP contribution in [0.1, 0.15) is 39.0 Å². The third-order valence-corrected chi connectivity index (χ3v) is 8.78. The van der Waals surface area contributed by atoms with Crippen LogP contribution in [0.5, 0.6) is 0 Å². The van der Waals surface area contributed by atoms with E-state index >= 15 is 0 Å². The van der Waals surface area contributed by atoms with Crippen LogP contribution in [-0.2, 0) is 10.0 Å². The molecule has 0 spiro atoms. The van der Waals surface area contributed by atoms with E-state index in [1.165, 1.54) is 10.9 Å². The van der Waals surface area contributed by atoms with E-state index in [1.54, 1.807) is 28.8 Å². The maximum absolute atomic E-state index is 13.0. The molecule has 6 nitrogen and oxygen atoms in total. The highest BCUT2D eigenvalue weighted by atomic mass is 32.2. The Morgan fingerprint density at radius 1 is 1.06 bits per heavy atom. The number of thiophene rings is 2. The number of benzene rings is 1. The fourth-order valence-corrected chi connectivity index (χ4v) is 6.98. The Labute approximate surface area is 191 Å². The van der Waals surface area contributed by atoms with Crippen LogP contribution in [-0.4, -0.2) is 38.9 Å². The van der Waals surface area contributed by atoms with Crippen LogP contribution in [0.4, 0.5) is 5.69 Å². The van der Waals surface area contributed by atoms with Crippen LogP contribution in [0.3, 0.4) is 0 Å². The third kappa shape index (κ3) is 5.17. The molecule has 1 amide bonds. The van der Waals surface area contributed by atoms with Crippen LogP contribution < -0.4 is 10.0 Å². The Morgan fingerprint density at radius 3 is 2.48 bits per heavy atom. The maximum atomic E-state index is 13.0. The lowest BCUT2D eigenvalue weighted by Crippen LogP contribution is -2.36. The molecule has 1 atom stereocenters. The average Bonchev–Trinajstić information content (AvgIpc) is 3.52. The first-order valence-electron chi connectivity index (χ1n) is 10.2. The zero-order chi connectivity index (χ0) is 21.8. The minimum Gasteiger partial charge on any atom is -0.349 e. The molecule has 0 radical (unpaired) electrons. The number of nitrogens with zero attached hydrogens (tertiary/aromatic N) is 1. The van der Waals surface area contributed by atoms with Crippen molar-refractivity contribution in [1.29, 1.82) is 0 Å². The van der Waals surface area contributed by atoms with Crippen LogP contribution in [0.25, 0.3) is 0 Å². The molecule has 1 aliphatic heterocycles. The molecule has 164 valence electrons. The first-order chi connectivity index (χ1) is 14.9. The highest BCUT2D eigenvalue weighted by Crippen LogP contribution is 2.29. The molecule has 2 aromatic heterocycles. The predicted molar refractivity (Wildman–Crippen MR) is 127 cm³/mol. The molecule has 0 bridgehead atoms. The number of aryl methyl sites for hydroxylation is 1. The van der Waals surface area contributed by atoms with E-state index in [1.807, 2.05) is 30.5 Å². The number of carbonyl (C=O) groups excluding carboxylic acids is 1. The van der Waals surface area contributed by atoms with E-state index in [4.69, 9.17) is 0 Å². The molecule has 9 heteroatoms. The Hall–Kier alpha value is -2.20. The van der Waals surface area contributed by atoms with Gasteiger partial charge >= 0.3 is 0 Å². The van der Waals surface area contributed by atoms with E-state index in [0.29, 0.717) is 12.2 Å². The first-order valence-corrected chi connectivity index (χ1v) is 13.4. The predicted octanol–water partition coefficient (Wildman–Crippen LogP) is 4.49. The summed E-state index contributed by atoms with van der Waals surface area (Å²) >= 11 is 2.82. The molecule has 2 N–H and O–H groups in total. The van der Waals surface area contributed by atoms with Crippen molar-refractivity contribution in [2.75, 3.05) is 24.4 Å². The second kappa shape index (κ2) is 9.52. The van der Waals surface area contributed by atoms with Crippen LogP contribution in [0.15, 0.2) is 58.1 Å². The number of hydrogen-bond donors (Lipinski definition) is 2. The number of anilines is 1. The van der Waals surface area contributed by atoms with Crippen molar-refractivity contribution in [3.05, 3.63) is 68.5 Å². The van der Waals surface area contributed by atoms with Gasteiger partial charge in [0.2, 0.25) is 0 Å². The van der Waals surface area contributed by atoms with Gasteiger partial charge in [0, 0.05) is 17.1 Å². The van der Waals surface area contributed by atoms with E-state index in [-0.39, 0.29) is 21.7 Å². The second-order valence-corrected chi connectivity index (χ2v) is 11.1. The molecule has 0 saturated carbocycles. The average molecular weight is 476 g/mol. The number of nitrogens with one attached hydrogen (secondary N) is 2. The van der Waals surface area contributed by atoms with Gasteiger partial charge < -0.3 is 5.32 Å². The fraction of sp³-hybridized carbons (Fsp3) is 0.318. The molecule has 1 aromatic carbocycles. The SMILES string of the molecule is Cc1ccc(NS(=O)(=O)c2ccsc2C(=O)NCC(c2cccs2)N2CCCC2)cc1. The number of sulfonamides is 1. The smallest absolute Gasteiger partial charge is 0.263 e. The summed E-state index contributed by atoms with van der Waals surface area (Å²) in [7, 11) is -3.86. The lowest BCUT2D eigenvalue weighted by molar-refractivity contribution is 0.0939. The van der Waals surface area contributed by atoms with Gasteiger partial charge in [0.25, 0.3) is 15.9 Å². The lowest BCUT2D eigenvalue weighted by Gasteiger charge is -2.26. The van der Waals surface area contributed by atoms with E-state index in [2.05, 4.69) is 21.0 Å². The van der Waals surface area contributed by atoms with E-state index in [0.717, 1.165) is 42.8 Å². The topological polar surface area (TPSA) is 78.5 Å². The molecule has 4 rings (SSSR count). The summed E-state index contributed by atoms with van der Waals surface area (Å²) < 4.78 is 28.4. The molecule has 0 aliphatic carbocycles. The monoisotopic (exact) mass is 475 g/mol. The number of likely N-dealkylation sites (tertiary alicyclic amines) is 1. The summed E-state index contributed by atoms with van der Waals surface area (Å²) in [5.74, 6) is -0.361. The quantitative estimate of drug-likeness (QED) is 0.503. The summed E-state index contributed by atoms with van der Waals surface area (Å²) in [5, 5.41) is 6.66. The molecule has 3 aromatic rings. The number of amides is 1. The van der Waals surface area contributed by atoms with Crippen LogP contribution in [0.2, 0.25) is 0 Å². The standard InChI is InChI=1S/C22H25N3O3S3/c1-16-6-8-17(9-7-16)24-31(27,28)20-10-14-30-21(20)22(26)23-15-18(19-5-4-13-29-19)25-11-2-3-12-25/h4-10,13-14,18,24H,2-3,11-12,15H2,1H3,(H,23,26). The third-order valence-electron chi connectivity index (χ3n) is 5.34. The number of hydrogen-bond acceptors (Lipinski definition) is 6. The lowest BCUT2D eigenvalue weighted by atomic mass is 10.2. The molecule has 1 fully saturated rings. The zero-order valence-electron chi connectivity index (χ0n) is 17.2. The van der Waals surface area contributed by atoms with Gasteiger partial charge in [0.1, 0.15) is 9.77 Å². The highest BCUT2D eigenvalue weighted by Gasteiger charge is 2.27. The van der Waals surface area contributed by atoms with Gasteiger partial charge in [0.15, 0.2) is 0 Å². The largest absolute Gasteiger partial charge is 0.349 e. The van der Waals surface area contributed by atoms with Crippen molar-refractivity contribution < 1.29 is 13.2 Å². The Bertz CT molecular complexity index is 1120. The van der Waals surface area contributed by atoms with E-state index < -0.39 is 10.0 Å². The normalized spacial score (nSPS) is 15.6. The summed E-state index contributed by atoms with van der Waals surface area (Å²) in [5.41, 5.74) is 1.51. The summed E-state index contributed by atoms with van der Waals surface area (Å²) in [6.07, 6.45) is 2.32. The first kappa shape index (κ1) is 22.0. The molecule has 1 unspecified atom stereocenters. The van der Waals surface area contributed by atoms with Gasteiger partial charge in [-0.3, -0.25) is 14.4 Å². The molecule has 3 heterocycles. The van der Waals surface area contributed by atoms with Gasteiger partial charge in [-0.25, -0.2) is 8.42 Å². The fourth-order valence-electron chi connectivity index (χ4n) is 3.72. The van der Waals surface area contributed by atoms with Gasteiger partial charge in [-0.05, 0) is 67.9 Å². The van der Waals surface area contributed by atoms with Crippen molar-refractivity contribution in [2.45, 2.75) is 30.7 Å². The molecule has 1 aliphatic rings. The van der Waals surface area contributed by atoms with Crippen molar-refractivity contribution >= 4 is 44.3 Å². The minimum atomic E-state index is -3.86. The summed E-state index contributed by atoms with van der Waals surface area (Å²) in [4.78, 5) is 16.8. The van der Waals surface area contributed by atoms with Gasteiger partial charge in [0.05, 0.1) is 6.04 Å². The zero-order valence-corrected chi connectivity index (χ0v) is 19.7. The van der Waals surface area contributed by atoms with Crippen LogP contribution in [0, 0.1) is 6.92 Å². The van der Waals surface area contributed by atoms with Crippen molar-refractivity contribution in [1.82, 2.24) is 10.2 Å². The minimum absolute atomic E-state index is 0.00409. The van der Waals surface area contributed by atoms with E-state index in [9.17, 15) is 13.2 Å². The Kier molecular flexibility index (Phi) is 6.76. The number of rotatable bonds is 8. The molecular weight excluding hydrogens is 450 g/mol. The van der Waals surface area contributed by atoms with Crippen LogP contribution >= 0.6 is 22.7 Å². The molecule has 31 heavy (non-hydrogen) atoms. The van der Waals surface area contributed by atoms with Gasteiger partial charge in [-0.2, -0.15) is 0 Å². The van der Waals surface area contributed by atoms with Gasteiger partial charge in [-0.15, -0.1) is 22.7 Å². The van der Waals surface area contributed by atoms with Gasteiger partial charge in [-0.1, -0.05) is 23.8 Å². The summed E-state index contributed by atoms with van der Waals surface area (Å²) in [6.45, 7) is 4.41. The second-order valence-electron chi connectivity index (χ2n) is 7.57. The molecule has 1 saturated heterocycles.